The average molecular weight is 300 g/mol. The number of nitrogens with one attached hydrogen (secondary N) is 1. The highest BCUT2D eigenvalue weighted by atomic mass is 32.2. The van der Waals surface area contributed by atoms with Crippen molar-refractivity contribution in [1.82, 2.24) is 10.2 Å². The molecule has 116 valence electrons. The van der Waals surface area contributed by atoms with E-state index in [1.807, 2.05) is 45.8 Å². The first kappa shape index (κ1) is 17.3. The molecule has 1 N–H and O–H groups in total. The van der Waals surface area contributed by atoms with Crippen LogP contribution in [0, 0.1) is 5.41 Å². The zero-order valence-corrected chi connectivity index (χ0v) is 14.4. The smallest absolute Gasteiger partial charge is 0.249 e. The minimum absolute atomic E-state index is 0.0121. The zero-order chi connectivity index (χ0) is 15.6. The molecule has 4 nitrogen and oxygen atoms in total. The minimum atomic E-state index is -0.711. The summed E-state index contributed by atoms with van der Waals surface area (Å²) in [4.78, 5) is 27.3. The van der Waals surface area contributed by atoms with Crippen molar-refractivity contribution in [3.63, 3.8) is 0 Å². The number of rotatable bonds is 5. The standard InChI is InChI=1S/C15H28N2O2S/c1-7-15(8-2)13(19)17(9-10-20-6)11(12(18)16-15)14(3,4)5/h11H,7-10H2,1-6H3,(H,16,18). The van der Waals surface area contributed by atoms with E-state index >= 15 is 0 Å². The van der Waals surface area contributed by atoms with Crippen LogP contribution in [0.2, 0.25) is 0 Å². The quantitative estimate of drug-likeness (QED) is 0.847. The van der Waals surface area contributed by atoms with E-state index in [0.717, 1.165) is 5.75 Å². The second-order valence-corrected chi connectivity index (χ2v) is 7.52. The minimum Gasteiger partial charge on any atom is -0.340 e. The summed E-state index contributed by atoms with van der Waals surface area (Å²) in [5, 5.41) is 3.01. The fraction of sp³-hybridized carbons (Fsp3) is 0.867. The van der Waals surface area contributed by atoms with Crippen LogP contribution < -0.4 is 5.32 Å². The third kappa shape index (κ3) is 3.13. The summed E-state index contributed by atoms with van der Waals surface area (Å²) in [6.45, 7) is 10.6. The van der Waals surface area contributed by atoms with Crippen molar-refractivity contribution in [3.05, 3.63) is 0 Å². The largest absolute Gasteiger partial charge is 0.340 e. The second kappa shape index (κ2) is 6.37. The van der Waals surface area contributed by atoms with E-state index < -0.39 is 5.54 Å². The Bertz CT molecular complexity index is 373. The van der Waals surface area contributed by atoms with Gasteiger partial charge in [-0.2, -0.15) is 11.8 Å². The molecular weight excluding hydrogens is 272 g/mol. The first-order valence-electron chi connectivity index (χ1n) is 7.35. The Morgan fingerprint density at radius 3 is 2.20 bits per heavy atom. The lowest BCUT2D eigenvalue weighted by atomic mass is 9.79. The lowest BCUT2D eigenvalue weighted by molar-refractivity contribution is -0.159. The van der Waals surface area contributed by atoms with Crippen LogP contribution in [-0.4, -0.2) is 46.8 Å². The predicted molar refractivity (Wildman–Crippen MR) is 84.8 cm³/mol. The van der Waals surface area contributed by atoms with Crippen LogP contribution in [0.25, 0.3) is 0 Å². The van der Waals surface area contributed by atoms with Crippen LogP contribution >= 0.6 is 11.8 Å². The SMILES string of the molecule is CCC1(CC)NC(=O)C(C(C)(C)C)N(CCSC)C1=O. The first-order valence-corrected chi connectivity index (χ1v) is 8.75. The maximum atomic E-state index is 12.9. The van der Waals surface area contributed by atoms with E-state index in [4.69, 9.17) is 0 Å². The molecule has 0 saturated carbocycles. The predicted octanol–water partition coefficient (Wildman–Crippen LogP) is 2.28. The van der Waals surface area contributed by atoms with Gasteiger partial charge in [0.1, 0.15) is 11.6 Å². The molecule has 0 aliphatic carbocycles. The number of hydrogen-bond donors (Lipinski definition) is 1. The van der Waals surface area contributed by atoms with Gasteiger partial charge in [-0.15, -0.1) is 0 Å². The number of hydrogen-bond acceptors (Lipinski definition) is 3. The number of carbonyl (C=O) groups excluding carboxylic acids is 2. The van der Waals surface area contributed by atoms with E-state index in [-0.39, 0.29) is 23.3 Å². The molecule has 1 atom stereocenters. The van der Waals surface area contributed by atoms with Crippen LogP contribution in [0.5, 0.6) is 0 Å². The Labute approximate surface area is 127 Å². The highest BCUT2D eigenvalue weighted by molar-refractivity contribution is 7.98. The van der Waals surface area contributed by atoms with Crippen LogP contribution in [0.3, 0.4) is 0 Å². The average Bonchev–Trinajstić information content (AvgIpc) is 2.37. The fourth-order valence-corrected chi connectivity index (χ4v) is 3.28. The van der Waals surface area contributed by atoms with Gasteiger partial charge in [0.15, 0.2) is 0 Å². The van der Waals surface area contributed by atoms with Gasteiger partial charge in [-0.05, 0) is 24.5 Å². The van der Waals surface area contributed by atoms with Crippen molar-refractivity contribution in [2.24, 2.45) is 5.41 Å². The van der Waals surface area contributed by atoms with E-state index in [2.05, 4.69) is 5.32 Å². The van der Waals surface area contributed by atoms with Gasteiger partial charge in [-0.3, -0.25) is 9.59 Å². The molecule has 1 rings (SSSR count). The molecule has 1 unspecified atom stereocenters. The summed E-state index contributed by atoms with van der Waals surface area (Å²) < 4.78 is 0. The maximum Gasteiger partial charge on any atom is 0.249 e. The zero-order valence-electron chi connectivity index (χ0n) is 13.6. The fourth-order valence-electron chi connectivity index (χ4n) is 2.90. The van der Waals surface area contributed by atoms with Crippen LogP contribution in [0.15, 0.2) is 0 Å². The van der Waals surface area contributed by atoms with E-state index in [0.29, 0.717) is 19.4 Å². The highest BCUT2D eigenvalue weighted by Gasteiger charge is 2.51. The molecule has 1 aliphatic heterocycles. The molecule has 20 heavy (non-hydrogen) atoms. The number of thioether (sulfide) groups is 1. The van der Waals surface area contributed by atoms with Gasteiger partial charge < -0.3 is 10.2 Å². The van der Waals surface area contributed by atoms with Gasteiger partial charge >= 0.3 is 0 Å². The molecule has 1 heterocycles. The van der Waals surface area contributed by atoms with Crippen molar-refractivity contribution in [3.8, 4) is 0 Å². The Kier molecular flexibility index (Phi) is 5.53. The number of carbonyl (C=O) groups is 2. The number of piperazine rings is 1. The number of amides is 2. The Morgan fingerprint density at radius 1 is 1.25 bits per heavy atom. The molecule has 1 saturated heterocycles. The topological polar surface area (TPSA) is 49.4 Å². The lowest BCUT2D eigenvalue weighted by Crippen LogP contribution is -2.72. The summed E-state index contributed by atoms with van der Waals surface area (Å²) in [5.74, 6) is 0.924. The molecule has 0 radical (unpaired) electrons. The van der Waals surface area contributed by atoms with Crippen molar-refractivity contribution < 1.29 is 9.59 Å². The molecule has 0 spiro atoms. The molecule has 0 aromatic heterocycles. The highest BCUT2D eigenvalue weighted by Crippen LogP contribution is 2.33. The van der Waals surface area contributed by atoms with Gasteiger partial charge in [-0.25, -0.2) is 0 Å². The van der Waals surface area contributed by atoms with Crippen molar-refractivity contribution in [2.75, 3.05) is 18.6 Å². The summed E-state index contributed by atoms with van der Waals surface area (Å²) >= 11 is 1.70. The molecule has 0 aromatic carbocycles. The first-order chi connectivity index (χ1) is 9.23. The molecule has 5 heteroatoms. The lowest BCUT2D eigenvalue weighted by Gasteiger charge is -2.49. The molecule has 1 aliphatic rings. The molecule has 0 aromatic rings. The van der Waals surface area contributed by atoms with Gasteiger partial charge in [0.25, 0.3) is 0 Å². The molecule has 2 amide bonds. The molecular formula is C15H28N2O2S. The Morgan fingerprint density at radius 2 is 1.80 bits per heavy atom. The normalized spacial score (nSPS) is 22.9. The monoisotopic (exact) mass is 300 g/mol. The Balaban J connectivity index is 3.17. The van der Waals surface area contributed by atoms with Crippen LogP contribution in [0.4, 0.5) is 0 Å². The van der Waals surface area contributed by atoms with Crippen molar-refractivity contribution >= 4 is 23.6 Å². The number of nitrogens with zero attached hydrogens (tertiary/aromatic N) is 1. The summed E-state index contributed by atoms with van der Waals surface area (Å²) in [5.41, 5.74) is -0.969. The van der Waals surface area contributed by atoms with Crippen LogP contribution in [-0.2, 0) is 9.59 Å². The maximum absolute atomic E-state index is 12.9. The van der Waals surface area contributed by atoms with Gasteiger partial charge in [0, 0.05) is 12.3 Å². The van der Waals surface area contributed by atoms with Gasteiger partial charge in [0.2, 0.25) is 11.8 Å². The second-order valence-electron chi connectivity index (χ2n) is 6.54. The van der Waals surface area contributed by atoms with Crippen LogP contribution in [0.1, 0.15) is 47.5 Å². The van der Waals surface area contributed by atoms with E-state index in [9.17, 15) is 9.59 Å². The van der Waals surface area contributed by atoms with E-state index in [1.54, 1.807) is 11.8 Å². The van der Waals surface area contributed by atoms with Gasteiger partial charge in [-0.1, -0.05) is 34.6 Å². The molecule has 1 fully saturated rings. The Hall–Kier alpha value is -0.710. The van der Waals surface area contributed by atoms with Crippen molar-refractivity contribution in [1.29, 1.82) is 0 Å². The van der Waals surface area contributed by atoms with E-state index in [1.165, 1.54) is 0 Å². The third-order valence-corrected chi connectivity index (χ3v) is 4.75. The van der Waals surface area contributed by atoms with Gasteiger partial charge in [0.05, 0.1) is 0 Å². The van der Waals surface area contributed by atoms with Crippen molar-refractivity contribution in [2.45, 2.75) is 59.0 Å². The summed E-state index contributed by atoms with van der Waals surface area (Å²) in [7, 11) is 0. The molecule has 0 bridgehead atoms. The third-order valence-electron chi connectivity index (χ3n) is 4.16. The summed E-state index contributed by atoms with van der Waals surface area (Å²) in [6, 6.07) is -0.381. The summed E-state index contributed by atoms with van der Waals surface area (Å²) in [6.07, 6.45) is 3.30.